The predicted molar refractivity (Wildman–Crippen MR) is 93.7 cm³/mol. The van der Waals surface area contributed by atoms with E-state index in [1.54, 1.807) is 24.4 Å². The van der Waals surface area contributed by atoms with Crippen LogP contribution in [0.3, 0.4) is 0 Å². The fourth-order valence-electron chi connectivity index (χ4n) is 2.62. The van der Waals surface area contributed by atoms with Crippen molar-refractivity contribution in [2.24, 2.45) is 0 Å². The van der Waals surface area contributed by atoms with Crippen molar-refractivity contribution in [3.05, 3.63) is 40.7 Å². The van der Waals surface area contributed by atoms with Crippen LogP contribution in [0.4, 0.5) is 5.82 Å². The maximum Gasteiger partial charge on any atom is 0.266 e. The average molecular weight is 365 g/mol. The van der Waals surface area contributed by atoms with Crippen LogP contribution in [0.5, 0.6) is 0 Å². The van der Waals surface area contributed by atoms with Gasteiger partial charge in [-0.3, -0.25) is 4.79 Å². The fraction of sp³-hybridized carbons (Fsp3) is 0.375. The number of carbonyl (C=O) groups is 1. The number of thiophene rings is 1. The lowest BCUT2D eigenvalue weighted by atomic mass is 10.2. The summed E-state index contributed by atoms with van der Waals surface area (Å²) in [6.45, 7) is 1.10. The molecule has 1 amide bonds. The molecule has 0 spiro atoms. The van der Waals surface area contributed by atoms with E-state index in [-0.39, 0.29) is 10.8 Å². The van der Waals surface area contributed by atoms with Crippen LogP contribution in [0.25, 0.3) is 0 Å². The highest BCUT2D eigenvalue weighted by Gasteiger charge is 2.27. The molecule has 1 aliphatic heterocycles. The molecule has 1 aliphatic rings. The maximum absolute atomic E-state index is 12.7. The molecule has 1 fully saturated rings. The number of hydrogen-bond acceptors (Lipinski definition) is 5. The highest BCUT2D eigenvalue weighted by Crippen LogP contribution is 2.25. The number of rotatable bonds is 4. The Morgan fingerprint density at radius 2 is 1.92 bits per heavy atom. The minimum absolute atomic E-state index is 0.195. The van der Waals surface area contributed by atoms with Crippen molar-refractivity contribution in [3.8, 4) is 0 Å². The van der Waals surface area contributed by atoms with E-state index in [1.165, 1.54) is 15.8 Å². The zero-order valence-corrected chi connectivity index (χ0v) is 14.8. The zero-order valence-electron chi connectivity index (χ0n) is 13.1. The lowest BCUT2D eigenvalue weighted by Gasteiger charge is -2.18. The third kappa shape index (κ3) is 3.82. The Labute approximate surface area is 145 Å². The highest BCUT2D eigenvalue weighted by atomic mass is 32.2. The van der Waals surface area contributed by atoms with Gasteiger partial charge >= 0.3 is 0 Å². The van der Waals surface area contributed by atoms with Crippen molar-refractivity contribution in [1.82, 2.24) is 9.29 Å². The number of anilines is 1. The first-order chi connectivity index (χ1) is 11.6. The monoisotopic (exact) mass is 365 g/mol. The molecular formula is C16H19N3O3S2. The Bertz CT molecular complexity index is 795. The summed E-state index contributed by atoms with van der Waals surface area (Å²) in [6.07, 6.45) is 5.48. The maximum atomic E-state index is 12.7. The van der Waals surface area contributed by atoms with Gasteiger partial charge in [-0.15, -0.1) is 11.3 Å². The number of pyridine rings is 1. The van der Waals surface area contributed by atoms with Crippen molar-refractivity contribution < 1.29 is 13.2 Å². The largest absolute Gasteiger partial charge is 0.306 e. The van der Waals surface area contributed by atoms with Gasteiger partial charge in [0, 0.05) is 24.7 Å². The second-order valence-electron chi connectivity index (χ2n) is 5.63. The molecule has 0 radical (unpaired) electrons. The van der Waals surface area contributed by atoms with Crippen LogP contribution in [0.2, 0.25) is 0 Å². The Balaban J connectivity index is 1.75. The van der Waals surface area contributed by atoms with Gasteiger partial charge in [-0.1, -0.05) is 18.9 Å². The summed E-state index contributed by atoms with van der Waals surface area (Å²) in [5, 5.41) is 4.20. The van der Waals surface area contributed by atoms with E-state index in [0.29, 0.717) is 23.8 Å². The van der Waals surface area contributed by atoms with Crippen LogP contribution in [0.1, 0.15) is 35.4 Å². The summed E-state index contributed by atoms with van der Waals surface area (Å²) in [6, 6.07) is 6.66. The van der Waals surface area contributed by atoms with Gasteiger partial charge in [-0.2, -0.15) is 4.31 Å². The Morgan fingerprint density at radius 3 is 2.58 bits per heavy atom. The standard InChI is InChI=1S/C16H19N3O3S2/c20-16(18-15-7-3-4-8-17-15)14-11-13(12-23-14)24(21,22)19-9-5-1-2-6-10-19/h3-4,7-8,11-12H,1-2,5-6,9-10H2,(H,17,18,20). The molecule has 2 aromatic rings. The molecule has 128 valence electrons. The molecular weight excluding hydrogens is 346 g/mol. The first-order valence-electron chi connectivity index (χ1n) is 7.88. The molecule has 0 atom stereocenters. The molecule has 6 nitrogen and oxygen atoms in total. The quantitative estimate of drug-likeness (QED) is 0.903. The average Bonchev–Trinajstić information content (AvgIpc) is 2.92. The molecule has 0 bridgehead atoms. The number of aromatic nitrogens is 1. The summed E-state index contributed by atoms with van der Waals surface area (Å²) in [7, 11) is -3.52. The number of nitrogens with one attached hydrogen (secondary N) is 1. The summed E-state index contributed by atoms with van der Waals surface area (Å²) in [5.74, 6) is 0.0869. The van der Waals surface area contributed by atoms with E-state index in [9.17, 15) is 13.2 Å². The van der Waals surface area contributed by atoms with Crippen LogP contribution in [0.15, 0.2) is 40.7 Å². The smallest absolute Gasteiger partial charge is 0.266 e. The summed E-state index contributed by atoms with van der Waals surface area (Å²) >= 11 is 1.13. The molecule has 0 aromatic carbocycles. The third-order valence-electron chi connectivity index (χ3n) is 3.91. The zero-order chi connectivity index (χ0) is 17.0. The number of sulfonamides is 1. The van der Waals surface area contributed by atoms with Gasteiger partial charge in [-0.05, 0) is 31.0 Å². The molecule has 0 unspecified atom stereocenters. The number of carbonyl (C=O) groups excluding carboxylic acids is 1. The Kier molecular flexibility index (Phi) is 5.27. The normalized spacial score (nSPS) is 16.5. The molecule has 8 heteroatoms. The van der Waals surface area contributed by atoms with Crippen LogP contribution in [-0.2, 0) is 10.0 Å². The van der Waals surface area contributed by atoms with E-state index in [1.807, 2.05) is 0 Å². The van der Waals surface area contributed by atoms with Gasteiger partial charge in [0.25, 0.3) is 5.91 Å². The minimum Gasteiger partial charge on any atom is -0.306 e. The van der Waals surface area contributed by atoms with E-state index in [0.717, 1.165) is 37.0 Å². The van der Waals surface area contributed by atoms with E-state index >= 15 is 0 Å². The third-order valence-corrected chi connectivity index (χ3v) is 6.86. The lowest BCUT2D eigenvalue weighted by Crippen LogP contribution is -2.31. The van der Waals surface area contributed by atoms with E-state index in [4.69, 9.17) is 0 Å². The Hall–Kier alpha value is -1.77. The van der Waals surface area contributed by atoms with Crippen molar-refractivity contribution in [2.75, 3.05) is 18.4 Å². The van der Waals surface area contributed by atoms with E-state index in [2.05, 4.69) is 10.3 Å². The van der Waals surface area contributed by atoms with Crippen LogP contribution in [0, 0.1) is 0 Å². The van der Waals surface area contributed by atoms with Crippen molar-refractivity contribution in [3.63, 3.8) is 0 Å². The van der Waals surface area contributed by atoms with E-state index < -0.39 is 10.0 Å². The van der Waals surface area contributed by atoms with Gasteiger partial charge < -0.3 is 5.32 Å². The number of nitrogens with zero attached hydrogens (tertiary/aromatic N) is 2. The first kappa shape index (κ1) is 17.1. The SMILES string of the molecule is O=C(Nc1ccccn1)c1cc(S(=O)(=O)N2CCCCCC2)cs1. The topological polar surface area (TPSA) is 79.4 Å². The number of hydrogen-bond donors (Lipinski definition) is 1. The van der Waals surface area contributed by atoms with Crippen molar-refractivity contribution in [2.45, 2.75) is 30.6 Å². The number of amides is 1. The predicted octanol–water partition coefficient (Wildman–Crippen LogP) is 2.96. The second-order valence-corrected chi connectivity index (χ2v) is 8.48. The van der Waals surface area contributed by atoms with Gasteiger partial charge in [0.15, 0.2) is 0 Å². The molecule has 1 N–H and O–H groups in total. The molecule has 2 aromatic heterocycles. The Morgan fingerprint density at radius 1 is 1.17 bits per heavy atom. The van der Waals surface area contributed by atoms with Crippen LogP contribution >= 0.6 is 11.3 Å². The van der Waals surface area contributed by atoms with Gasteiger partial charge in [0.1, 0.15) is 5.82 Å². The fourth-order valence-corrected chi connectivity index (χ4v) is 5.29. The highest BCUT2D eigenvalue weighted by molar-refractivity contribution is 7.89. The molecule has 1 saturated heterocycles. The van der Waals surface area contributed by atoms with Crippen LogP contribution < -0.4 is 5.32 Å². The molecule has 0 aliphatic carbocycles. The molecule has 0 saturated carbocycles. The lowest BCUT2D eigenvalue weighted by molar-refractivity contribution is 0.103. The molecule has 24 heavy (non-hydrogen) atoms. The molecule has 3 heterocycles. The second kappa shape index (κ2) is 7.42. The molecule has 3 rings (SSSR count). The summed E-state index contributed by atoms with van der Waals surface area (Å²) in [5.41, 5.74) is 0. The van der Waals surface area contributed by atoms with Gasteiger partial charge in [-0.25, -0.2) is 13.4 Å². The summed E-state index contributed by atoms with van der Waals surface area (Å²) in [4.78, 5) is 16.8. The van der Waals surface area contributed by atoms with Crippen molar-refractivity contribution >= 4 is 33.1 Å². The van der Waals surface area contributed by atoms with Crippen LogP contribution in [-0.4, -0.2) is 36.7 Å². The van der Waals surface area contributed by atoms with Gasteiger partial charge in [0.2, 0.25) is 10.0 Å². The first-order valence-corrected chi connectivity index (χ1v) is 10.2. The summed E-state index contributed by atoms with van der Waals surface area (Å²) < 4.78 is 27.0. The minimum atomic E-state index is -3.52. The van der Waals surface area contributed by atoms with Crippen molar-refractivity contribution in [1.29, 1.82) is 0 Å². The van der Waals surface area contributed by atoms with Gasteiger partial charge in [0.05, 0.1) is 9.77 Å².